The van der Waals surface area contributed by atoms with Crippen molar-refractivity contribution in [3.05, 3.63) is 35.1 Å². The Balaban J connectivity index is 1.57. The minimum Gasteiger partial charge on any atom is -0.486 e. The van der Waals surface area contributed by atoms with Gasteiger partial charge in [-0.3, -0.25) is 9.59 Å². The molecule has 0 aromatic carbocycles. The molecule has 7 heteroatoms. The topological polar surface area (TPSA) is 99.1 Å². The quantitative estimate of drug-likeness (QED) is 0.497. The number of ketones is 1. The predicted octanol–water partition coefficient (Wildman–Crippen LogP) is 3.62. The van der Waals surface area contributed by atoms with E-state index in [4.69, 9.17) is 14.2 Å². The molecule has 5 rings (SSSR count). The smallest absolute Gasteiger partial charge is 0.336 e. The first kappa shape index (κ1) is 23.3. The van der Waals surface area contributed by atoms with E-state index in [1.54, 1.807) is 6.08 Å². The molecule has 2 heterocycles. The zero-order valence-electron chi connectivity index (χ0n) is 20.8. The van der Waals surface area contributed by atoms with E-state index >= 15 is 0 Å². The number of hydrogen-bond donors (Lipinski definition) is 1. The molecule has 2 aliphatic heterocycles. The monoisotopic (exact) mass is 470 g/mol. The summed E-state index contributed by atoms with van der Waals surface area (Å²) in [6.07, 6.45) is 6.62. The molecule has 7 atom stereocenters. The third-order valence-electron chi connectivity index (χ3n) is 9.92. The maximum Gasteiger partial charge on any atom is 0.336 e. The Morgan fingerprint density at radius 1 is 1.21 bits per heavy atom. The highest BCUT2D eigenvalue weighted by Gasteiger charge is 2.70. The fourth-order valence-electron chi connectivity index (χ4n) is 8.12. The molecule has 0 amide bonds. The van der Waals surface area contributed by atoms with Crippen molar-refractivity contribution in [3.8, 4) is 0 Å². The number of carbonyl (C=O) groups excluding carboxylic acids is 3. The molecular formula is C27H34O7. The van der Waals surface area contributed by atoms with Gasteiger partial charge in [-0.2, -0.15) is 0 Å². The van der Waals surface area contributed by atoms with Crippen molar-refractivity contribution in [1.29, 1.82) is 0 Å². The maximum absolute atomic E-state index is 13.2. The summed E-state index contributed by atoms with van der Waals surface area (Å²) in [5.74, 6) is -0.471. The minimum absolute atomic E-state index is 0.0370. The van der Waals surface area contributed by atoms with E-state index in [0.29, 0.717) is 17.8 Å². The van der Waals surface area contributed by atoms with E-state index in [0.717, 1.165) is 18.4 Å². The summed E-state index contributed by atoms with van der Waals surface area (Å²) in [7, 11) is 1.38. The highest BCUT2D eigenvalue weighted by Crippen LogP contribution is 2.71. The van der Waals surface area contributed by atoms with Gasteiger partial charge in [0.25, 0.3) is 0 Å². The molecule has 1 unspecified atom stereocenters. The number of ether oxygens (including phenoxy) is 3. The van der Waals surface area contributed by atoms with Crippen LogP contribution < -0.4 is 0 Å². The molecule has 7 nitrogen and oxygen atoms in total. The first-order chi connectivity index (χ1) is 15.8. The number of aliphatic hydroxyl groups is 1. The van der Waals surface area contributed by atoms with Gasteiger partial charge in [0.1, 0.15) is 11.4 Å². The van der Waals surface area contributed by atoms with Crippen LogP contribution in [-0.2, 0) is 28.6 Å². The van der Waals surface area contributed by atoms with Crippen molar-refractivity contribution in [2.75, 3.05) is 7.11 Å². The predicted molar refractivity (Wildman–Crippen MR) is 122 cm³/mol. The second kappa shape index (κ2) is 7.06. The van der Waals surface area contributed by atoms with Crippen LogP contribution in [0.1, 0.15) is 60.3 Å². The van der Waals surface area contributed by atoms with Gasteiger partial charge in [-0.1, -0.05) is 33.8 Å². The van der Waals surface area contributed by atoms with Gasteiger partial charge in [-0.05, 0) is 49.2 Å². The summed E-state index contributed by atoms with van der Waals surface area (Å²) in [5.41, 5.74) is -0.578. The summed E-state index contributed by atoms with van der Waals surface area (Å²) >= 11 is 0. The Kier molecular flexibility index (Phi) is 4.85. The molecule has 0 aromatic rings. The van der Waals surface area contributed by atoms with Gasteiger partial charge in [-0.25, -0.2) is 4.79 Å². The number of esters is 2. The lowest BCUT2D eigenvalue weighted by molar-refractivity contribution is -0.152. The normalized spacial score (nSPS) is 44.1. The summed E-state index contributed by atoms with van der Waals surface area (Å²) in [4.78, 5) is 38.1. The second-order valence-electron chi connectivity index (χ2n) is 11.8. The Hall–Kier alpha value is -2.41. The lowest BCUT2D eigenvalue weighted by atomic mass is 9.47. The number of aliphatic hydroxyl groups excluding tert-OH is 1. The van der Waals surface area contributed by atoms with Crippen LogP contribution in [0.25, 0.3) is 0 Å². The maximum atomic E-state index is 13.2. The molecule has 5 aliphatic rings. The van der Waals surface area contributed by atoms with Gasteiger partial charge >= 0.3 is 11.9 Å². The van der Waals surface area contributed by atoms with Gasteiger partial charge in [0.2, 0.25) is 6.29 Å². The second-order valence-corrected chi connectivity index (χ2v) is 11.8. The molecule has 0 bridgehead atoms. The van der Waals surface area contributed by atoms with E-state index in [9.17, 15) is 19.5 Å². The van der Waals surface area contributed by atoms with Gasteiger partial charge in [-0.15, -0.1) is 0 Å². The van der Waals surface area contributed by atoms with Crippen molar-refractivity contribution in [3.63, 3.8) is 0 Å². The van der Waals surface area contributed by atoms with Crippen LogP contribution in [0.15, 0.2) is 35.1 Å². The van der Waals surface area contributed by atoms with Crippen molar-refractivity contribution >= 4 is 17.7 Å². The van der Waals surface area contributed by atoms with Crippen LogP contribution >= 0.6 is 0 Å². The van der Waals surface area contributed by atoms with E-state index in [1.165, 1.54) is 13.2 Å². The number of methoxy groups -OCH3 is 1. The summed E-state index contributed by atoms with van der Waals surface area (Å²) in [6.45, 7) is 10.2. The van der Waals surface area contributed by atoms with Gasteiger partial charge < -0.3 is 19.3 Å². The molecule has 0 radical (unpaired) electrons. The number of fused-ring (bicyclic) bond motifs is 5. The van der Waals surface area contributed by atoms with Crippen LogP contribution in [0.3, 0.4) is 0 Å². The summed E-state index contributed by atoms with van der Waals surface area (Å²) < 4.78 is 16.8. The lowest BCUT2D eigenvalue weighted by Crippen LogP contribution is -2.54. The molecule has 0 spiro atoms. The molecule has 0 aromatic heterocycles. The molecule has 184 valence electrons. The summed E-state index contributed by atoms with van der Waals surface area (Å²) in [5, 5.41) is 9.84. The van der Waals surface area contributed by atoms with Crippen LogP contribution in [-0.4, -0.2) is 41.8 Å². The van der Waals surface area contributed by atoms with Crippen molar-refractivity contribution in [2.24, 2.45) is 34.0 Å². The Morgan fingerprint density at radius 3 is 2.53 bits per heavy atom. The highest BCUT2D eigenvalue weighted by atomic mass is 16.6. The third-order valence-corrected chi connectivity index (χ3v) is 9.92. The van der Waals surface area contributed by atoms with Crippen LogP contribution in [0.5, 0.6) is 0 Å². The summed E-state index contributed by atoms with van der Waals surface area (Å²) in [6, 6.07) is 0. The lowest BCUT2D eigenvalue weighted by Gasteiger charge is -2.53. The molecule has 1 saturated carbocycles. The fraction of sp³-hybridized carbons (Fsp3) is 0.667. The van der Waals surface area contributed by atoms with Gasteiger partial charge in [0, 0.05) is 34.3 Å². The average Bonchev–Trinajstić information content (AvgIpc) is 3.34. The van der Waals surface area contributed by atoms with Crippen LogP contribution in [0.2, 0.25) is 0 Å². The largest absolute Gasteiger partial charge is 0.486 e. The highest BCUT2D eigenvalue weighted by molar-refractivity contribution is 5.97. The molecular weight excluding hydrogens is 436 g/mol. The SMILES string of the molecule is COC(=O)C[C@H]1C(C)(C)C(=O)C=C2O[C@@]3(C)C4=CC[C@@H](C5=CC(O)OC5=O)[C@]4(C)CC[C@@H]3[C@@]21C. The zero-order valence-corrected chi connectivity index (χ0v) is 20.8. The van der Waals surface area contributed by atoms with Crippen molar-refractivity contribution in [1.82, 2.24) is 0 Å². The van der Waals surface area contributed by atoms with Gasteiger partial charge in [0.05, 0.1) is 13.5 Å². The number of cyclic esters (lactones) is 1. The van der Waals surface area contributed by atoms with Crippen LogP contribution in [0.4, 0.5) is 0 Å². The average molecular weight is 471 g/mol. The van der Waals surface area contributed by atoms with Crippen molar-refractivity contribution < 1.29 is 33.7 Å². The van der Waals surface area contributed by atoms with E-state index < -0.39 is 28.7 Å². The van der Waals surface area contributed by atoms with E-state index in [2.05, 4.69) is 26.8 Å². The number of carbonyl (C=O) groups is 3. The molecule has 3 aliphatic carbocycles. The molecule has 2 fully saturated rings. The third kappa shape index (κ3) is 2.76. The number of rotatable bonds is 3. The Bertz CT molecular complexity index is 1080. The first-order valence-corrected chi connectivity index (χ1v) is 12.1. The molecule has 34 heavy (non-hydrogen) atoms. The molecule has 1 N–H and O–H groups in total. The van der Waals surface area contributed by atoms with Crippen molar-refractivity contribution in [2.45, 2.75) is 72.2 Å². The first-order valence-electron chi connectivity index (χ1n) is 12.1. The minimum atomic E-state index is -1.19. The van der Waals surface area contributed by atoms with E-state index in [-0.39, 0.29) is 41.3 Å². The van der Waals surface area contributed by atoms with Crippen LogP contribution in [0, 0.1) is 34.0 Å². The van der Waals surface area contributed by atoms with E-state index in [1.807, 2.05) is 13.8 Å². The standard InChI is InChI=1S/C27H34O7/c1-24(2)18(12-21(29)32-6)26(4)17-9-10-25(3)15(14-11-22(30)33-23(14)31)7-8-16(25)27(17,5)34-20(26)13-19(24)28/h8,11,13,15,17-18,22,30H,7,9-10,12H2,1-6H3/t15-,17+,18-,22?,25-,26+,27-/m0/s1. The number of hydrogen-bond acceptors (Lipinski definition) is 7. The molecule has 1 saturated heterocycles. The number of allylic oxidation sites excluding steroid dienone is 3. The zero-order chi connectivity index (χ0) is 24.8. The fourth-order valence-corrected chi connectivity index (χ4v) is 8.12. The Morgan fingerprint density at radius 2 is 1.91 bits per heavy atom. The van der Waals surface area contributed by atoms with Gasteiger partial charge in [0.15, 0.2) is 5.78 Å². The Labute approximate surface area is 200 Å².